The monoisotopic (exact) mass is 314 g/mol. The van der Waals surface area contributed by atoms with Gasteiger partial charge in [0.15, 0.2) is 0 Å². The second-order valence-electron chi connectivity index (χ2n) is 5.25. The SMILES string of the molecule is COc1cc(NC2CCN(C(=O)c3cnccn3)CC2)ncn1. The molecule has 3 rings (SSSR count). The number of carbonyl (C=O) groups excluding carboxylic acids is 1. The molecule has 1 N–H and O–H groups in total. The molecule has 0 aliphatic carbocycles. The molecule has 2 aromatic heterocycles. The van der Waals surface area contributed by atoms with E-state index in [-0.39, 0.29) is 11.9 Å². The lowest BCUT2D eigenvalue weighted by Crippen LogP contribution is -2.42. The number of nitrogens with one attached hydrogen (secondary N) is 1. The van der Waals surface area contributed by atoms with Crippen LogP contribution in [-0.2, 0) is 0 Å². The Morgan fingerprint density at radius 1 is 1.26 bits per heavy atom. The number of hydrogen-bond acceptors (Lipinski definition) is 7. The Kier molecular flexibility index (Phi) is 4.60. The van der Waals surface area contributed by atoms with Crippen molar-refractivity contribution in [2.45, 2.75) is 18.9 Å². The summed E-state index contributed by atoms with van der Waals surface area (Å²) in [5, 5.41) is 3.36. The summed E-state index contributed by atoms with van der Waals surface area (Å²) in [6, 6.07) is 2.03. The minimum atomic E-state index is -0.0692. The van der Waals surface area contributed by atoms with Gasteiger partial charge in [0.2, 0.25) is 5.88 Å². The van der Waals surface area contributed by atoms with E-state index in [1.54, 1.807) is 19.4 Å². The number of rotatable bonds is 4. The normalized spacial score (nSPS) is 15.3. The zero-order valence-electron chi connectivity index (χ0n) is 12.8. The van der Waals surface area contributed by atoms with Crippen molar-refractivity contribution >= 4 is 11.7 Å². The van der Waals surface area contributed by atoms with Gasteiger partial charge in [-0.2, -0.15) is 0 Å². The molecule has 0 atom stereocenters. The third-order valence-corrected chi connectivity index (χ3v) is 3.77. The van der Waals surface area contributed by atoms with E-state index >= 15 is 0 Å². The zero-order valence-corrected chi connectivity index (χ0v) is 12.8. The fourth-order valence-electron chi connectivity index (χ4n) is 2.54. The van der Waals surface area contributed by atoms with Crippen LogP contribution in [-0.4, -0.2) is 57.0 Å². The number of hydrogen-bond donors (Lipinski definition) is 1. The fourth-order valence-corrected chi connectivity index (χ4v) is 2.54. The molecule has 1 saturated heterocycles. The average Bonchev–Trinajstić information content (AvgIpc) is 2.63. The first kappa shape index (κ1) is 15.1. The summed E-state index contributed by atoms with van der Waals surface area (Å²) in [5.74, 6) is 1.19. The maximum atomic E-state index is 12.3. The van der Waals surface area contributed by atoms with E-state index < -0.39 is 0 Å². The van der Waals surface area contributed by atoms with Crippen LogP contribution in [0.2, 0.25) is 0 Å². The molecule has 0 unspecified atom stereocenters. The molecule has 0 radical (unpaired) electrons. The smallest absolute Gasteiger partial charge is 0.274 e. The van der Waals surface area contributed by atoms with E-state index in [1.165, 1.54) is 18.7 Å². The van der Waals surface area contributed by atoms with Gasteiger partial charge in [-0.1, -0.05) is 0 Å². The Hall–Kier alpha value is -2.77. The number of amides is 1. The number of ether oxygens (including phenoxy) is 1. The first-order valence-corrected chi connectivity index (χ1v) is 7.44. The lowest BCUT2D eigenvalue weighted by Gasteiger charge is -2.32. The van der Waals surface area contributed by atoms with Crippen molar-refractivity contribution in [3.8, 4) is 5.88 Å². The van der Waals surface area contributed by atoms with Crippen LogP contribution >= 0.6 is 0 Å². The van der Waals surface area contributed by atoms with Crippen LogP contribution in [0.1, 0.15) is 23.3 Å². The highest BCUT2D eigenvalue weighted by molar-refractivity contribution is 5.92. The third kappa shape index (κ3) is 3.71. The molecule has 1 fully saturated rings. The van der Waals surface area contributed by atoms with Gasteiger partial charge in [0.1, 0.15) is 17.8 Å². The van der Waals surface area contributed by atoms with E-state index in [0.717, 1.165) is 18.7 Å². The van der Waals surface area contributed by atoms with Crippen molar-refractivity contribution in [3.05, 3.63) is 36.7 Å². The number of methoxy groups -OCH3 is 1. The van der Waals surface area contributed by atoms with Gasteiger partial charge in [-0.15, -0.1) is 0 Å². The number of aromatic nitrogens is 4. The molecule has 0 bridgehead atoms. The van der Waals surface area contributed by atoms with Gasteiger partial charge in [0.25, 0.3) is 5.91 Å². The Morgan fingerprint density at radius 2 is 2.09 bits per heavy atom. The van der Waals surface area contributed by atoms with Crippen LogP contribution in [0.4, 0.5) is 5.82 Å². The minimum absolute atomic E-state index is 0.0692. The molecular formula is C15H18N6O2. The largest absolute Gasteiger partial charge is 0.481 e. The summed E-state index contributed by atoms with van der Waals surface area (Å²) in [4.78, 5) is 30.3. The van der Waals surface area contributed by atoms with Crippen LogP contribution in [0.5, 0.6) is 5.88 Å². The summed E-state index contributed by atoms with van der Waals surface area (Å²) in [6.45, 7) is 1.35. The van der Waals surface area contributed by atoms with Gasteiger partial charge in [-0.3, -0.25) is 9.78 Å². The number of anilines is 1. The lowest BCUT2D eigenvalue weighted by molar-refractivity contribution is 0.0712. The highest BCUT2D eigenvalue weighted by Gasteiger charge is 2.24. The lowest BCUT2D eigenvalue weighted by atomic mass is 10.0. The van der Waals surface area contributed by atoms with E-state index in [9.17, 15) is 4.79 Å². The molecule has 8 heteroatoms. The molecule has 1 amide bonds. The number of nitrogens with zero attached hydrogens (tertiary/aromatic N) is 5. The Morgan fingerprint density at radius 3 is 2.78 bits per heavy atom. The van der Waals surface area contributed by atoms with Crippen LogP contribution in [0.25, 0.3) is 0 Å². The molecule has 1 aliphatic rings. The first-order valence-electron chi connectivity index (χ1n) is 7.44. The summed E-state index contributed by atoms with van der Waals surface area (Å²) >= 11 is 0. The van der Waals surface area contributed by atoms with E-state index in [2.05, 4.69) is 25.3 Å². The highest BCUT2D eigenvalue weighted by Crippen LogP contribution is 2.18. The highest BCUT2D eigenvalue weighted by atomic mass is 16.5. The maximum Gasteiger partial charge on any atom is 0.274 e. The number of likely N-dealkylation sites (tertiary alicyclic amines) is 1. The standard InChI is InChI=1S/C15H18N6O2/c1-23-14-8-13(18-10-19-14)20-11-2-6-21(7-3-11)15(22)12-9-16-4-5-17-12/h4-5,8-11H,2-3,6-7H2,1H3,(H,18,19,20). The molecular weight excluding hydrogens is 296 g/mol. The van der Waals surface area contributed by atoms with Crippen molar-refractivity contribution in [2.75, 3.05) is 25.5 Å². The maximum absolute atomic E-state index is 12.3. The Bertz CT molecular complexity index is 658. The predicted octanol–water partition coefficient (Wildman–Crippen LogP) is 0.992. The van der Waals surface area contributed by atoms with Gasteiger partial charge in [0.05, 0.1) is 13.3 Å². The van der Waals surface area contributed by atoms with Crippen LogP contribution in [0.3, 0.4) is 0 Å². The molecule has 120 valence electrons. The van der Waals surface area contributed by atoms with Crippen molar-refractivity contribution in [2.24, 2.45) is 0 Å². The van der Waals surface area contributed by atoms with Crippen molar-refractivity contribution in [1.29, 1.82) is 0 Å². The van der Waals surface area contributed by atoms with Crippen molar-refractivity contribution in [3.63, 3.8) is 0 Å². The van der Waals surface area contributed by atoms with Gasteiger partial charge >= 0.3 is 0 Å². The fraction of sp³-hybridized carbons (Fsp3) is 0.400. The molecule has 0 aromatic carbocycles. The van der Waals surface area contributed by atoms with Crippen LogP contribution in [0.15, 0.2) is 31.0 Å². The van der Waals surface area contributed by atoms with Crippen LogP contribution in [0, 0.1) is 0 Å². The van der Waals surface area contributed by atoms with Crippen LogP contribution < -0.4 is 10.1 Å². The van der Waals surface area contributed by atoms with E-state index in [4.69, 9.17) is 4.74 Å². The second-order valence-corrected chi connectivity index (χ2v) is 5.25. The first-order chi connectivity index (χ1) is 11.3. The molecule has 8 nitrogen and oxygen atoms in total. The van der Waals surface area contributed by atoms with Gasteiger partial charge in [-0.25, -0.2) is 15.0 Å². The molecule has 1 aliphatic heterocycles. The average molecular weight is 314 g/mol. The summed E-state index contributed by atoms with van der Waals surface area (Å²) < 4.78 is 5.08. The summed E-state index contributed by atoms with van der Waals surface area (Å²) in [7, 11) is 1.57. The van der Waals surface area contributed by atoms with Crippen molar-refractivity contribution in [1.82, 2.24) is 24.8 Å². The second kappa shape index (κ2) is 6.99. The number of piperidine rings is 1. The van der Waals surface area contributed by atoms with Gasteiger partial charge in [-0.05, 0) is 12.8 Å². The molecule has 0 saturated carbocycles. The van der Waals surface area contributed by atoms with Gasteiger partial charge < -0.3 is 15.0 Å². The summed E-state index contributed by atoms with van der Waals surface area (Å²) in [5.41, 5.74) is 0.388. The van der Waals surface area contributed by atoms with Gasteiger partial charge in [0, 0.05) is 37.6 Å². The van der Waals surface area contributed by atoms with Crippen molar-refractivity contribution < 1.29 is 9.53 Å². The Balaban J connectivity index is 1.55. The molecule has 0 spiro atoms. The third-order valence-electron chi connectivity index (χ3n) is 3.77. The number of carbonyl (C=O) groups is 1. The predicted molar refractivity (Wildman–Crippen MR) is 83.2 cm³/mol. The topological polar surface area (TPSA) is 93.1 Å². The van der Waals surface area contributed by atoms with E-state index in [0.29, 0.717) is 24.7 Å². The Labute approximate surface area is 134 Å². The molecule has 2 aromatic rings. The zero-order chi connectivity index (χ0) is 16.1. The molecule has 3 heterocycles. The molecule has 23 heavy (non-hydrogen) atoms. The minimum Gasteiger partial charge on any atom is -0.481 e. The quantitative estimate of drug-likeness (QED) is 0.899. The van der Waals surface area contributed by atoms with E-state index in [1.807, 2.05) is 4.90 Å². The summed E-state index contributed by atoms with van der Waals surface area (Å²) in [6.07, 6.45) is 7.75.